The van der Waals surface area contributed by atoms with Crippen LogP contribution in [0, 0.1) is 107 Å². The molecular formula is C62H90O. The molecule has 6 aliphatic carbocycles. The van der Waals surface area contributed by atoms with Crippen molar-refractivity contribution < 1.29 is 4.74 Å². The molecule has 0 fully saturated rings. The second kappa shape index (κ2) is 29.8. The highest BCUT2D eigenvalue weighted by molar-refractivity contribution is 5.31. The van der Waals surface area contributed by atoms with Gasteiger partial charge in [-0.1, -0.05) is 190 Å². The van der Waals surface area contributed by atoms with Crippen LogP contribution in [0.3, 0.4) is 0 Å². The molecule has 0 aromatic rings. The Kier molecular flexibility index (Phi) is 23.5. The average Bonchev–Trinajstić information content (AvgIpc) is 3.32. The van der Waals surface area contributed by atoms with Gasteiger partial charge in [0, 0.05) is 38.5 Å². The first-order valence-corrected chi connectivity index (χ1v) is 27.9. The fourth-order valence-electron chi connectivity index (χ4n) is 12.4. The van der Waals surface area contributed by atoms with Crippen molar-refractivity contribution in [3.05, 3.63) is 0 Å². The van der Waals surface area contributed by atoms with Gasteiger partial charge in [0.1, 0.15) is 11.2 Å². The molecule has 344 valence electrons. The molecule has 0 heterocycles. The lowest BCUT2D eigenvalue weighted by atomic mass is 9.60. The predicted molar refractivity (Wildman–Crippen MR) is 268 cm³/mol. The first-order valence-electron chi connectivity index (χ1n) is 27.9. The molecule has 0 aromatic carbocycles. The molecule has 6 unspecified atom stereocenters. The Morgan fingerprint density at radius 2 is 0.365 bits per heavy atom. The summed E-state index contributed by atoms with van der Waals surface area (Å²) in [5.41, 5.74) is -1.31. The molecule has 0 N–H and O–H groups in total. The van der Waals surface area contributed by atoms with Crippen molar-refractivity contribution in [2.75, 3.05) is 0 Å². The largest absolute Gasteiger partial charge is 0.361 e. The third kappa shape index (κ3) is 15.7. The maximum Gasteiger partial charge on any atom is 0.110 e. The Labute approximate surface area is 390 Å². The van der Waals surface area contributed by atoms with E-state index >= 15 is 0 Å². The minimum Gasteiger partial charge on any atom is -0.361 e. The van der Waals surface area contributed by atoms with Crippen molar-refractivity contribution in [1.82, 2.24) is 0 Å². The monoisotopic (exact) mass is 851 g/mol. The van der Waals surface area contributed by atoms with Crippen molar-refractivity contribution in [3.63, 3.8) is 0 Å². The lowest BCUT2D eigenvalue weighted by molar-refractivity contribution is -0.253. The van der Waals surface area contributed by atoms with Crippen LogP contribution < -0.4 is 0 Å². The van der Waals surface area contributed by atoms with Gasteiger partial charge in [-0.2, -0.15) is 0 Å². The van der Waals surface area contributed by atoms with Crippen molar-refractivity contribution in [3.8, 4) is 71.0 Å². The van der Waals surface area contributed by atoms with Crippen molar-refractivity contribution in [2.45, 2.75) is 281 Å². The van der Waals surface area contributed by atoms with Gasteiger partial charge in [-0.05, 0) is 77.0 Å². The normalized spacial score (nSPS) is 31.0. The lowest BCUT2D eigenvalue weighted by Crippen LogP contribution is -2.64. The third-order valence-electron chi connectivity index (χ3n) is 16.0. The topological polar surface area (TPSA) is 9.23 Å². The molecule has 0 bridgehead atoms. The zero-order chi connectivity index (χ0) is 43.4. The summed E-state index contributed by atoms with van der Waals surface area (Å²) in [5, 5.41) is 0. The van der Waals surface area contributed by atoms with E-state index in [-0.39, 0.29) is 35.5 Å². The summed E-state index contributed by atoms with van der Waals surface area (Å²) >= 11 is 0. The van der Waals surface area contributed by atoms with E-state index in [1.807, 2.05) is 0 Å². The van der Waals surface area contributed by atoms with Gasteiger partial charge >= 0.3 is 0 Å². The molecule has 0 amide bonds. The Morgan fingerprint density at radius 3 is 0.556 bits per heavy atom. The fraction of sp³-hybridized carbons (Fsp3) is 0.806. The van der Waals surface area contributed by atoms with Gasteiger partial charge in [0.05, 0.1) is 35.5 Å². The molecule has 6 aliphatic rings. The Balaban J connectivity index is 1.72. The van der Waals surface area contributed by atoms with Crippen LogP contribution in [0.15, 0.2) is 0 Å². The fourth-order valence-corrected chi connectivity index (χ4v) is 12.4. The van der Waals surface area contributed by atoms with Crippen molar-refractivity contribution in [1.29, 1.82) is 0 Å². The summed E-state index contributed by atoms with van der Waals surface area (Å²) in [6.45, 7) is 0. The minimum absolute atomic E-state index is 0.0620. The summed E-state index contributed by atoms with van der Waals surface area (Å²) in [7, 11) is 0. The van der Waals surface area contributed by atoms with E-state index in [0.29, 0.717) is 0 Å². The second-order valence-corrected chi connectivity index (χ2v) is 20.9. The first kappa shape index (κ1) is 49.7. The first-order chi connectivity index (χ1) is 31.3. The van der Waals surface area contributed by atoms with Crippen LogP contribution in [-0.2, 0) is 4.74 Å². The highest BCUT2D eigenvalue weighted by atomic mass is 16.5. The molecule has 0 spiro atoms. The van der Waals surface area contributed by atoms with E-state index in [1.54, 1.807) is 0 Å². The zero-order valence-corrected chi connectivity index (χ0v) is 40.6. The van der Waals surface area contributed by atoms with E-state index in [9.17, 15) is 4.74 Å². The maximum absolute atomic E-state index is 9.26. The molecule has 0 radical (unpaired) electrons. The van der Waals surface area contributed by atoms with Gasteiger partial charge in [0.2, 0.25) is 0 Å². The third-order valence-corrected chi connectivity index (χ3v) is 16.0. The number of rotatable bonds is 8. The van der Waals surface area contributed by atoms with Crippen LogP contribution in [0.1, 0.15) is 270 Å². The summed E-state index contributed by atoms with van der Waals surface area (Å²) in [5.74, 6) is 48.9. The lowest BCUT2D eigenvalue weighted by Gasteiger charge is -2.57. The molecule has 0 saturated carbocycles. The van der Waals surface area contributed by atoms with E-state index < -0.39 is 11.2 Å². The molecule has 63 heavy (non-hydrogen) atoms. The standard InChI is InChI=1S/C62H90O/c1-7-19-31-43-55(44-32-20-8-1)61(56-45-33-21-9-2-10-22-34-46-56,57-47-35-23-11-3-12-24-36-48-57)63-62(58-49-37-25-13-4-14-26-38-50-58,59-51-39-27-15-5-16-28-40-52-59)60-53-41-29-17-6-18-30-42-54-60/h55-60H,1-31,33,35,37,39,41,43,45,47,49,51,53H2. The Bertz CT molecular complexity index is 1370. The summed E-state index contributed by atoms with van der Waals surface area (Å²) in [4.78, 5) is 0. The van der Waals surface area contributed by atoms with Crippen LogP contribution in [0.2, 0.25) is 0 Å². The van der Waals surface area contributed by atoms with Gasteiger partial charge in [0.25, 0.3) is 0 Å². The molecule has 6 atom stereocenters. The smallest absolute Gasteiger partial charge is 0.110 e. The number of ether oxygens (including phenoxy) is 1. The zero-order valence-electron chi connectivity index (χ0n) is 40.6. The predicted octanol–water partition coefficient (Wildman–Crippen LogP) is 16.7. The van der Waals surface area contributed by atoms with Crippen LogP contribution in [0.5, 0.6) is 0 Å². The Morgan fingerprint density at radius 1 is 0.206 bits per heavy atom. The van der Waals surface area contributed by atoms with Gasteiger partial charge in [-0.25, -0.2) is 0 Å². The molecule has 1 nitrogen and oxygen atoms in total. The van der Waals surface area contributed by atoms with E-state index in [1.165, 1.54) is 193 Å². The second-order valence-electron chi connectivity index (χ2n) is 20.9. The average molecular weight is 851 g/mol. The van der Waals surface area contributed by atoms with Crippen LogP contribution in [0.25, 0.3) is 0 Å². The summed E-state index contributed by atoms with van der Waals surface area (Å²) in [6.07, 6.45) is 50.1. The van der Waals surface area contributed by atoms with E-state index in [0.717, 1.165) is 77.0 Å². The highest BCUT2D eigenvalue weighted by Gasteiger charge is 2.60. The van der Waals surface area contributed by atoms with Crippen LogP contribution >= 0.6 is 0 Å². The van der Waals surface area contributed by atoms with Crippen molar-refractivity contribution >= 4 is 0 Å². The molecule has 6 rings (SSSR count). The van der Waals surface area contributed by atoms with Gasteiger partial charge in [0.15, 0.2) is 0 Å². The van der Waals surface area contributed by atoms with E-state index in [2.05, 4.69) is 71.0 Å². The van der Waals surface area contributed by atoms with Gasteiger partial charge in [-0.15, -0.1) is 35.5 Å². The quantitative estimate of drug-likeness (QED) is 0.221. The summed E-state index contributed by atoms with van der Waals surface area (Å²) < 4.78 is 9.26. The SMILES string of the molecule is C1#CC(C(OC(C2C#CCCCCCCC2)(C2C#CCCCCCCC2)C2C#CCCCCCCC2)(C2C#CCCCCCCC2)C2C#CCCCCCCC2)CCCCCCC1. The molecule has 0 saturated heterocycles. The van der Waals surface area contributed by atoms with Crippen LogP contribution in [0.4, 0.5) is 0 Å². The minimum atomic E-state index is -0.657. The molecule has 0 aliphatic heterocycles. The number of hydrogen-bond acceptors (Lipinski definition) is 1. The van der Waals surface area contributed by atoms with Gasteiger partial charge < -0.3 is 4.74 Å². The summed E-state index contributed by atoms with van der Waals surface area (Å²) in [6, 6.07) is 0. The van der Waals surface area contributed by atoms with Crippen LogP contribution in [-0.4, -0.2) is 11.2 Å². The van der Waals surface area contributed by atoms with E-state index in [4.69, 9.17) is 0 Å². The molecule has 1 heteroatoms. The number of hydrogen-bond donors (Lipinski definition) is 0. The maximum atomic E-state index is 9.26. The Hall–Kier alpha value is -2.68. The molecular weight excluding hydrogens is 761 g/mol. The van der Waals surface area contributed by atoms with Gasteiger partial charge in [-0.3, -0.25) is 0 Å². The molecule has 0 aromatic heterocycles. The van der Waals surface area contributed by atoms with Crippen molar-refractivity contribution in [2.24, 2.45) is 35.5 Å². The highest BCUT2D eigenvalue weighted by Crippen LogP contribution is 2.54.